The molecule has 0 bridgehead atoms. The van der Waals surface area contributed by atoms with Gasteiger partial charge in [-0.15, -0.1) is 0 Å². The van der Waals surface area contributed by atoms with Crippen LogP contribution in [0.25, 0.3) is 11.1 Å². The zero-order valence-electron chi connectivity index (χ0n) is 10.8. The van der Waals surface area contributed by atoms with Gasteiger partial charge >= 0.3 is 6.18 Å². The van der Waals surface area contributed by atoms with E-state index in [0.717, 1.165) is 12.1 Å². The number of halogens is 4. The third-order valence-corrected chi connectivity index (χ3v) is 3.13. The third kappa shape index (κ3) is 2.82. The van der Waals surface area contributed by atoms with E-state index in [4.69, 9.17) is 5.73 Å². The van der Waals surface area contributed by atoms with Gasteiger partial charge < -0.3 is 5.73 Å². The van der Waals surface area contributed by atoms with E-state index in [2.05, 4.69) is 0 Å². The van der Waals surface area contributed by atoms with E-state index in [0.29, 0.717) is 22.3 Å². The Hall–Kier alpha value is -1.88. The van der Waals surface area contributed by atoms with Crippen molar-refractivity contribution in [3.05, 3.63) is 58.9 Å². The van der Waals surface area contributed by atoms with Gasteiger partial charge in [-0.25, -0.2) is 4.39 Å². The van der Waals surface area contributed by atoms with Gasteiger partial charge in [0.2, 0.25) is 0 Å². The van der Waals surface area contributed by atoms with Crippen molar-refractivity contribution in [3.63, 3.8) is 0 Å². The predicted molar refractivity (Wildman–Crippen MR) is 69.5 cm³/mol. The summed E-state index contributed by atoms with van der Waals surface area (Å²) < 4.78 is 51.1. The third-order valence-electron chi connectivity index (χ3n) is 3.13. The molecule has 0 amide bonds. The molecule has 0 aromatic heterocycles. The Balaban J connectivity index is 2.54. The largest absolute Gasteiger partial charge is 0.416 e. The maximum absolute atomic E-state index is 13.2. The van der Waals surface area contributed by atoms with Crippen LogP contribution in [0.5, 0.6) is 0 Å². The van der Waals surface area contributed by atoms with Crippen molar-refractivity contribution in [2.75, 3.05) is 0 Å². The van der Waals surface area contributed by atoms with Crippen LogP contribution in [0.3, 0.4) is 0 Å². The molecule has 0 radical (unpaired) electrons. The average Bonchev–Trinajstić information content (AvgIpc) is 2.38. The first-order valence-electron chi connectivity index (χ1n) is 5.99. The summed E-state index contributed by atoms with van der Waals surface area (Å²) in [6, 6.07) is 7.60. The summed E-state index contributed by atoms with van der Waals surface area (Å²) >= 11 is 0. The summed E-state index contributed by atoms with van der Waals surface area (Å²) in [4.78, 5) is 0. The standard InChI is InChI=1S/C15H13F4N/c1-9-6-11(15(17,18)19)2-4-13(9)14-5-3-12(16)7-10(14)8-20/h2-7H,8,20H2,1H3. The van der Waals surface area contributed by atoms with Gasteiger partial charge in [0, 0.05) is 6.54 Å². The van der Waals surface area contributed by atoms with Gasteiger partial charge in [0.15, 0.2) is 0 Å². The van der Waals surface area contributed by atoms with E-state index < -0.39 is 17.6 Å². The van der Waals surface area contributed by atoms with E-state index in [1.54, 1.807) is 6.92 Å². The van der Waals surface area contributed by atoms with Crippen LogP contribution in [0.1, 0.15) is 16.7 Å². The van der Waals surface area contributed by atoms with E-state index in [9.17, 15) is 17.6 Å². The van der Waals surface area contributed by atoms with Crippen LogP contribution >= 0.6 is 0 Å². The Morgan fingerprint density at radius 3 is 2.20 bits per heavy atom. The molecule has 0 atom stereocenters. The minimum atomic E-state index is -4.37. The van der Waals surface area contributed by atoms with Crippen LogP contribution in [0, 0.1) is 12.7 Å². The highest BCUT2D eigenvalue weighted by molar-refractivity contribution is 5.71. The number of rotatable bonds is 2. The Bertz CT molecular complexity index is 632. The lowest BCUT2D eigenvalue weighted by atomic mass is 9.94. The molecule has 5 heteroatoms. The van der Waals surface area contributed by atoms with Gasteiger partial charge in [0.05, 0.1) is 5.56 Å². The van der Waals surface area contributed by atoms with Crippen molar-refractivity contribution in [3.8, 4) is 11.1 Å². The van der Waals surface area contributed by atoms with Gasteiger partial charge in [0.25, 0.3) is 0 Å². The maximum Gasteiger partial charge on any atom is 0.416 e. The molecular weight excluding hydrogens is 270 g/mol. The van der Waals surface area contributed by atoms with E-state index >= 15 is 0 Å². The summed E-state index contributed by atoms with van der Waals surface area (Å²) in [5.74, 6) is -0.418. The number of hydrogen-bond acceptors (Lipinski definition) is 1. The van der Waals surface area contributed by atoms with Crippen LogP contribution in [0.4, 0.5) is 17.6 Å². The lowest BCUT2D eigenvalue weighted by molar-refractivity contribution is -0.137. The quantitative estimate of drug-likeness (QED) is 0.818. The van der Waals surface area contributed by atoms with Crippen molar-refractivity contribution in [1.29, 1.82) is 0 Å². The molecule has 2 aromatic carbocycles. The zero-order valence-corrected chi connectivity index (χ0v) is 10.8. The molecule has 0 unspecified atom stereocenters. The van der Waals surface area contributed by atoms with E-state index in [1.807, 2.05) is 0 Å². The van der Waals surface area contributed by atoms with Crippen LogP contribution in [-0.2, 0) is 12.7 Å². The Kier molecular flexibility index (Phi) is 3.81. The second-order valence-corrected chi connectivity index (χ2v) is 4.53. The molecule has 0 saturated carbocycles. The molecule has 0 aliphatic heterocycles. The highest BCUT2D eigenvalue weighted by atomic mass is 19.4. The van der Waals surface area contributed by atoms with E-state index in [1.165, 1.54) is 24.3 Å². The second kappa shape index (κ2) is 5.25. The van der Waals surface area contributed by atoms with E-state index in [-0.39, 0.29) is 6.54 Å². The van der Waals surface area contributed by atoms with Crippen molar-refractivity contribution in [2.24, 2.45) is 5.73 Å². The van der Waals surface area contributed by atoms with Crippen LogP contribution in [-0.4, -0.2) is 0 Å². The zero-order chi connectivity index (χ0) is 14.9. The van der Waals surface area contributed by atoms with Gasteiger partial charge in [0.1, 0.15) is 5.82 Å². The number of nitrogens with two attached hydrogens (primary N) is 1. The molecule has 2 rings (SSSR count). The Labute approximate surface area is 114 Å². The van der Waals surface area contributed by atoms with Crippen LogP contribution in [0.15, 0.2) is 36.4 Å². The highest BCUT2D eigenvalue weighted by Crippen LogP contribution is 2.34. The number of alkyl halides is 3. The molecule has 2 N–H and O–H groups in total. The van der Waals surface area contributed by atoms with Gasteiger partial charge in [-0.2, -0.15) is 13.2 Å². The number of benzene rings is 2. The maximum atomic E-state index is 13.2. The summed E-state index contributed by atoms with van der Waals surface area (Å²) in [5, 5.41) is 0. The normalized spacial score (nSPS) is 11.7. The van der Waals surface area contributed by atoms with Crippen LogP contribution in [0.2, 0.25) is 0 Å². The monoisotopic (exact) mass is 283 g/mol. The van der Waals surface area contributed by atoms with Crippen molar-refractivity contribution >= 4 is 0 Å². The fourth-order valence-corrected chi connectivity index (χ4v) is 2.14. The molecule has 1 nitrogen and oxygen atoms in total. The molecule has 0 fully saturated rings. The van der Waals surface area contributed by atoms with Gasteiger partial charge in [-0.05, 0) is 53.4 Å². The summed E-state index contributed by atoms with van der Waals surface area (Å²) in [6.07, 6.45) is -4.37. The second-order valence-electron chi connectivity index (χ2n) is 4.53. The fraction of sp³-hybridized carbons (Fsp3) is 0.200. The molecule has 2 aromatic rings. The molecule has 106 valence electrons. The summed E-state index contributed by atoms with van der Waals surface area (Å²) in [5.41, 5.74) is 7.17. The van der Waals surface area contributed by atoms with Gasteiger partial charge in [-0.1, -0.05) is 12.1 Å². The summed E-state index contributed by atoms with van der Waals surface area (Å²) in [6.45, 7) is 1.71. The Morgan fingerprint density at radius 2 is 1.65 bits per heavy atom. The molecule has 0 aliphatic rings. The first kappa shape index (κ1) is 14.5. The average molecular weight is 283 g/mol. The topological polar surface area (TPSA) is 26.0 Å². The minimum absolute atomic E-state index is 0.119. The Morgan fingerprint density at radius 1 is 1.00 bits per heavy atom. The van der Waals surface area contributed by atoms with Crippen molar-refractivity contribution in [2.45, 2.75) is 19.6 Å². The van der Waals surface area contributed by atoms with Crippen molar-refractivity contribution in [1.82, 2.24) is 0 Å². The molecule has 0 aliphatic carbocycles. The van der Waals surface area contributed by atoms with Crippen LogP contribution < -0.4 is 5.73 Å². The molecule has 0 spiro atoms. The summed E-state index contributed by atoms with van der Waals surface area (Å²) in [7, 11) is 0. The molecule has 0 heterocycles. The lowest BCUT2D eigenvalue weighted by Gasteiger charge is -2.14. The SMILES string of the molecule is Cc1cc(C(F)(F)F)ccc1-c1ccc(F)cc1CN. The number of aryl methyl sites for hydroxylation is 1. The smallest absolute Gasteiger partial charge is 0.326 e. The molecule has 20 heavy (non-hydrogen) atoms. The lowest BCUT2D eigenvalue weighted by Crippen LogP contribution is -2.06. The first-order valence-corrected chi connectivity index (χ1v) is 5.99. The predicted octanol–water partition coefficient (Wildman–Crippen LogP) is 4.28. The minimum Gasteiger partial charge on any atom is -0.326 e. The van der Waals surface area contributed by atoms with Gasteiger partial charge in [-0.3, -0.25) is 0 Å². The first-order chi connectivity index (χ1) is 9.32. The molecular formula is C15H13F4N. The fourth-order valence-electron chi connectivity index (χ4n) is 2.14. The van der Waals surface area contributed by atoms with Crippen molar-refractivity contribution < 1.29 is 17.6 Å². The highest BCUT2D eigenvalue weighted by Gasteiger charge is 2.30. The molecule has 0 saturated heterocycles. The number of hydrogen-bond donors (Lipinski definition) is 1.